The first-order chi connectivity index (χ1) is 8.60. The van der Waals surface area contributed by atoms with Crippen LogP contribution in [-0.2, 0) is 0 Å². The zero-order valence-corrected chi connectivity index (χ0v) is 10.7. The quantitative estimate of drug-likeness (QED) is 0.836. The molecule has 3 nitrogen and oxygen atoms in total. The fourth-order valence-electron chi connectivity index (χ4n) is 1.40. The van der Waals surface area contributed by atoms with Crippen LogP contribution < -0.4 is 10.5 Å². The molecule has 0 bridgehead atoms. The van der Waals surface area contributed by atoms with Gasteiger partial charge in [0.05, 0.1) is 10.6 Å². The van der Waals surface area contributed by atoms with Gasteiger partial charge in [0.1, 0.15) is 17.6 Å². The van der Waals surface area contributed by atoms with Gasteiger partial charge >= 0.3 is 0 Å². The van der Waals surface area contributed by atoms with Crippen molar-refractivity contribution >= 4 is 28.9 Å². The fourth-order valence-corrected chi connectivity index (χ4v) is 1.85. The second-order valence-corrected chi connectivity index (χ2v) is 4.39. The second kappa shape index (κ2) is 5.18. The van der Waals surface area contributed by atoms with Gasteiger partial charge in [0.15, 0.2) is 0 Å². The maximum atomic E-state index is 8.99. The van der Waals surface area contributed by atoms with E-state index in [2.05, 4.69) is 0 Å². The van der Waals surface area contributed by atoms with E-state index < -0.39 is 0 Å². The minimum atomic E-state index is 0.348. The first-order valence-corrected chi connectivity index (χ1v) is 5.78. The topological polar surface area (TPSA) is 59.0 Å². The molecule has 0 aliphatic rings. The lowest BCUT2D eigenvalue weighted by Gasteiger charge is -2.09. The maximum absolute atomic E-state index is 8.99. The van der Waals surface area contributed by atoms with Gasteiger partial charge in [0, 0.05) is 10.7 Å². The van der Waals surface area contributed by atoms with Gasteiger partial charge in [-0.05, 0) is 36.4 Å². The molecule has 0 amide bonds. The predicted molar refractivity (Wildman–Crippen MR) is 72.1 cm³/mol. The van der Waals surface area contributed by atoms with Crippen LogP contribution in [0.3, 0.4) is 0 Å². The third-order valence-corrected chi connectivity index (χ3v) is 2.77. The minimum Gasteiger partial charge on any atom is -0.454 e. The highest BCUT2D eigenvalue weighted by atomic mass is 35.5. The van der Waals surface area contributed by atoms with Crippen LogP contribution in [0.1, 0.15) is 5.56 Å². The molecule has 90 valence electrons. The number of hydrogen-bond acceptors (Lipinski definition) is 3. The average Bonchev–Trinajstić information content (AvgIpc) is 2.34. The van der Waals surface area contributed by atoms with Crippen LogP contribution in [0.15, 0.2) is 36.4 Å². The SMILES string of the molecule is N#Cc1cc(N)ccc1Oc1ccc(Cl)cc1Cl. The highest BCUT2D eigenvalue weighted by Gasteiger charge is 2.08. The first kappa shape index (κ1) is 12.6. The molecule has 0 saturated heterocycles. The minimum absolute atomic E-state index is 0.348. The smallest absolute Gasteiger partial charge is 0.146 e. The number of nitrogens with zero attached hydrogens (tertiary/aromatic N) is 1. The van der Waals surface area contributed by atoms with Crippen LogP contribution in [0.4, 0.5) is 5.69 Å². The van der Waals surface area contributed by atoms with Crippen LogP contribution in [0.2, 0.25) is 10.0 Å². The lowest BCUT2D eigenvalue weighted by molar-refractivity contribution is 0.481. The summed E-state index contributed by atoms with van der Waals surface area (Å²) < 4.78 is 5.57. The van der Waals surface area contributed by atoms with Gasteiger partial charge in [0.2, 0.25) is 0 Å². The van der Waals surface area contributed by atoms with Crippen molar-refractivity contribution in [3.63, 3.8) is 0 Å². The van der Waals surface area contributed by atoms with E-state index in [0.29, 0.717) is 32.8 Å². The summed E-state index contributed by atoms with van der Waals surface area (Å²) >= 11 is 11.8. The Morgan fingerprint density at radius 3 is 2.44 bits per heavy atom. The Morgan fingerprint density at radius 2 is 1.78 bits per heavy atom. The number of halogens is 2. The lowest BCUT2D eigenvalue weighted by atomic mass is 10.2. The molecule has 0 aliphatic heterocycles. The number of nitrogen functional groups attached to an aromatic ring is 1. The van der Waals surface area contributed by atoms with Gasteiger partial charge in [-0.15, -0.1) is 0 Å². The Balaban J connectivity index is 2.37. The molecule has 0 heterocycles. The standard InChI is InChI=1S/C13H8Cl2N2O/c14-9-1-3-13(11(15)6-9)18-12-4-2-10(17)5-8(12)7-16/h1-6H,17H2. The van der Waals surface area contributed by atoms with Crippen LogP contribution in [-0.4, -0.2) is 0 Å². The molecule has 0 aliphatic carbocycles. The van der Waals surface area contributed by atoms with Gasteiger partial charge in [0.25, 0.3) is 0 Å². The third kappa shape index (κ3) is 2.67. The molecule has 2 N–H and O–H groups in total. The van der Waals surface area contributed by atoms with Crippen molar-refractivity contribution < 1.29 is 4.74 Å². The molecule has 0 unspecified atom stereocenters. The number of hydrogen-bond donors (Lipinski definition) is 1. The molecule has 2 aromatic rings. The fraction of sp³-hybridized carbons (Fsp3) is 0. The largest absolute Gasteiger partial charge is 0.454 e. The predicted octanol–water partition coefficient (Wildman–Crippen LogP) is 4.24. The summed E-state index contributed by atoms with van der Waals surface area (Å²) in [6.07, 6.45) is 0. The van der Waals surface area contributed by atoms with Crippen LogP contribution >= 0.6 is 23.2 Å². The van der Waals surface area contributed by atoms with Crippen molar-refractivity contribution in [2.24, 2.45) is 0 Å². The summed E-state index contributed by atoms with van der Waals surface area (Å²) in [6.45, 7) is 0. The van der Waals surface area contributed by atoms with E-state index in [9.17, 15) is 0 Å². The zero-order chi connectivity index (χ0) is 13.1. The zero-order valence-electron chi connectivity index (χ0n) is 9.15. The highest BCUT2D eigenvalue weighted by molar-refractivity contribution is 6.35. The van der Waals surface area contributed by atoms with Crippen molar-refractivity contribution in [2.75, 3.05) is 5.73 Å². The molecule has 0 radical (unpaired) electrons. The van der Waals surface area contributed by atoms with E-state index >= 15 is 0 Å². The van der Waals surface area contributed by atoms with Crippen molar-refractivity contribution in [3.05, 3.63) is 52.0 Å². The van der Waals surface area contributed by atoms with E-state index in [1.807, 2.05) is 6.07 Å². The van der Waals surface area contributed by atoms with E-state index in [0.717, 1.165) is 0 Å². The molecule has 5 heteroatoms. The Kier molecular flexibility index (Phi) is 3.61. The normalized spacial score (nSPS) is 9.83. The molecular weight excluding hydrogens is 271 g/mol. The van der Waals surface area contributed by atoms with Crippen molar-refractivity contribution in [3.8, 4) is 17.6 Å². The molecular formula is C13H8Cl2N2O. The van der Waals surface area contributed by atoms with Gasteiger partial charge in [-0.3, -0.25) is 0 Å². The van der Waals surface area contributed by atoms with Crippen LogP contribution in [0, 0.1) is 11.3 Å². The Hall–Kier alpha value is -1.89. The summed E-state index contributed by atoms with van der Waals surface area (Å²) in [5.41, 5.74) is 6.45. The number of rotatable bonds is 2. The molecule has 0 spiro atoms. The van der Waals surface area contributed by atoms with Crippen molar-refractivity contribution in [1.29, 1.82) is 5.26 Å². The molecule has 0 fully saturated rings. The highest BCUT2D eigenvalue weighted by Crippen LogP contribution is 2.33. The first-order valence-electron chi connectivity index (χ1n) is 5.02. The van der Waals surface area contributed by atoms with Crippen LogP contribution in [0.5, 0.6) is 11.5 Å². The lowest BCUT2D eigenvalue weighted by Crippen LogP contribution is -1.91. The van der Waals surface area contributed by atoms with E-state index in [-0.39, 0.29) is 0 Å². The second-order valence-electron chi connectivity index (χ2n) is 3.54. The van der Waals surface area contributed by atoms with Crippen molar-refractivity contribution in [2.45, 2.75) is 0 Å². The maximum Gasteiger partial charge on any atom is 0.146 e. The van der Waals surface area contributed by atoms with Crippen LogP contribution in [0.25, 0.3) is 0 Å². The number of nitrogens with two attached hydrogens (primary N) is 1. The molecule has 18 heavy (non-hydrogen) atoms. The monoisotopic (exact) mass is 278 g/mol. The van der Waals surface area contributed by atoms with Gasteiger partial charge in [-0.1, -0.05) is 23.2 Å². The number of ether oxygens (including phenoxy) is 1. The third-order valence-electron chi connectivity index (χ3n) is 2.24. The summed E-state index contributed by atoms with van der Waals surface area (Å²) in [5, 5.41) is 9.89. The van der Waals surface area contributed by atoms with Gasteiger partial charge in [-0.2, -0.15) is 5.26 Å². The van der Waals surface area contributed by atoms with E-state index in [1.54, 1.807) is 36.4 Å². The van der Waals surface area contributed by atoms with Gasteiger partial charge in [-0.25, -0.2) is 0 Å². The Labute approximate surface area is 114 Å². The van der Waals surface area contributed by atoms with Crippen molar-refractivity contribution in [1.82, 2.24) is 0 Å². The molecule has 2 rings (SSSR count). The molecule has 0 saturated carbocycles. The summed E-state index contributed by atoms with van der Waals surface area (Å²) in [7, 11) is 0. The summed E-state index contributed by atoms with van der Waals surface area (Å²) in [6, 6.07) is 11.7. The Morgan fingerprint density at radius 1 is 1.06 bits per heavy atom. The Bertz CT molecular complexity index is 635. The number of nitriles is 1. The molecule has 0 aromatic heterocycles. The number of benzene rings is 2. The number of anilines is 1. The summed E-state index contributed by atoms with van der Waals surface area (Å²) in [4.78, 5) is 0. The van der Waals surface area contributed by atoms with E-state index in [1.165, 1.54) is 0 Å². The average molecular weight is 279 g/mol. The molecule has 2 aromatic carbocycles. The van der Waals surface area contributed by atoms with E-state index in [4.69, 9.17) is 38.9 Å². The summed E-state index contributed by atoms with van der Waals surface area (Å²) in [5.74, 6) is 0.832. The van der Waals surface area contributed by atoms with Gasteiger partial charge < -0.3 is 10.5 Å². The molecule has 0 atom stereocenters.